The van der Waals surface area contributed by atoms with Crippen LogP contribution in [0.15, 0.2) is 0 Å². The minimum absolute atomic E-state index is 0.267. The van der Waals surface area contributed by atoms with Crippen molar-refractivity contribution in [2.45, 2.75) is 45.1 Å². The molecule has 0 heterocycles. The topological polar surface area (TPSA) is 72.2 Å². The summed E-state index contributed by atoms with van der Waals surface area (Å²) in [5.74, 6) is 0.617. The van der Waals surface area contributed by atoms with Crippen LogP contribution in [0.1, 0.15) is 39.5 Å². The summed E-state index contributed by atoms with van der Waals surface area (Å²) < 4.78 is 25.9. The maximum atomic E-state index is 11.7. The van der Waals surface area contributed by atoms with Crippen molar-refractivity contribution in [3.63, 3.8) is 0 Å². The minimum atomic E-state index is -3.13. The Labute approximate surface area is 92.7 Å². The Hall–Kier alpha value is -0.130. The first-order valence-corrected chi connectivity index (χ1v) is 7.20. The van der Waals surface area contributed by atoms with Gasteiger partial charge in [-0.05, 0) is 32.6 Å². The van der Waals surface area contributed by atoms with Crippen molar-refractivity contribution in [2.24, 2.45) is 11.7 Å². The first kappa shape index (κ1) is 12.9. The number of nitrogens with one attached hydrogen (secondary N) is 1. The molecule has 15 heavy (non-hydrogen) atoms. The lowest BCUT2D eigenvalue weighted by atomic mass is 10.1. The van der Waals surface area contributed by atoms with Crippen molar-refractivity contribution >= 4 is 10.0 Å². The molecule has 0 amide bonds. The Morgan fingerprint density at radius 1 is 1.33 bits per heavy atom. The molecule has 0 atom stereocenters. The van der Waals surface area contributed by atoms with Crippen LogP contribution in [0.3, 0.4) is 0 Å². The summed E-state index contributed by atoms with van der Waals surface area (Å²) in [6, 6.07) is 0. The van der Waals surface area contributed by atoms with Crippen LogP contribution in [0.2, 0.25) is 0 Å². The summed E-state index contributed by atoms with van der Waals surface area (Å²) in [7, 11) is -3.13. The Morgan fingerprint density at radius 2 is 1.87 bits per heavy atom. The van der Waals surface area contributed by atoms with E-state index in [1.165, 1.54) is 12.8 Å². The maximum Gasteiger partial charge on any atom is 0.211 e. The van der Waals surface area contributed by atoms with Gasteiger partial charge in [-0.3, -0.25) is 0 Å². The van der Waals surface area contributed by atoms with Crippen molar-refractivity contribution in [1.29, 1.82) is 0 Å². The fourth-order valence-electron chi connectivity index (χ4n) is 1.84. The standard InChI is InChI=1S/C10H22N2O2S/c1-10(2,11)8-12-15(13,14)7-9-5-3-4-6-9/h9,12H,3-8,11H2,1-2H3. The van der Waals surface area contributed by atoms with Crippen LogP contribution in [-0.4, -0.2) is 26.3 Å². The third-order valence-corrected chi connectivity index (χ3v) is 4.17. The number of rotatable bonds is 5. The number of hydrogen-bond donors (Lipinski definition) is 2. The van der Waals surface area contributed by atoms with E-state index < -0.39 is 15.6 Å². The van der Waals surface area contributed by atoms with Crippen molar-refractivity contribution in [2.75, 3.05) is 12.3 Å². The van der Waals surface area contributed by atoms with E-state index in [1.807, 2.05) is 13.8 Å². The van der Waals surface area contributed by atoms with E-state index in [2.05, 4.69) is 4.72 Å². The summed E-state index contributed by atoms with van der Waals surface area (Å²) in [4.78, 5) is 0. The van der Waals surface area contributed by atoms with E-state index in [0.717, 1.165) is 12.8 Å². The molecule has 4 nitrogen and oxygen atoms in total. The molecular weight excluding hydrogens is 212 g/mol. The van der Waals surface area contributed by atoms with E-state index >= 15 is 0 Å². The van der Waals surface area contributed by atoms with Crippen LogP contribution in [0.4, 0.5) is 0 Å². The second-order valence-electron chi connectivity index (χ2n) is 5.24. The SMILES string of the molecule is CC(C)(N)CNS(=O)(=O)CC1CCCC1. The summed E-state index contributed by atoms with van der Waals surface area (Å²) in [6.45, 7) is 3.93. The zero-order chi connectivity index (χ0) is 11.5. The highest BCUT2D eigenvalue weighted by atomic mass is 32.2. The molecule has 0 radical (unpaired) electrons. The van der Waals surface area contributed by atoms with Crippen LogP contribution in [0, 0.1) is 5.92 Å². The molecule has 0 spiro atoms. The van der Waals surface area contributed by atoms with Crippen molar-refractivity contribution in [3.05, 3.63) is 0 Å². The molecule has 1 rings (SSSR count). The van der Waals surface area contributed by atoms with Gasteiger partial charge in [0.1, 0.15) is 0 Å². The van der Waals surface area contributed by atoms with Crippen molar-refractivity contribution < 1.29 is 8.42 Å². The smallest absolute Gasteiger partial charge is 0.211 e. The van der Waals surface area contributed by atoms with Gasteiger partial charge < -0.3 is 5.73 Å². The molecule has 1 aliphatic carbocycles. The molecule has 3 N–H and O–H groups in total. The fourth-order valence-corrected chi connectivity index (χ4v) is 3.51. The van der Waals surface area contributed by atoms with Gasteiger partial charge in [0.25, 0.3) is 0 Å². The first-order valence-electron chi connectivity index (χ1n) is 5.55. The van der Waals surface area contributed by atoms with E-state index in [4.69, 9.17) is 5.73 Å². The molecule has 90 valence electrons. The molecule has 0 aliphatic heterocycles. The van der Waals surface area contributed by atoms with Gasteiger partial charge >= 0.3 is 0 Å². The van der Waals surface area contributed by atoms with Crippen molar-refractivity contribution in [3.8, 4) is 0 Å². The molecule has 0 saturated heterocycles. The Kier molecular flexibility index (Phi) is 4.14. The molecular formula is C10H22N2O2S. The van der Waals surface area contributed by atoms with Gasteiger partial charge in [0.15, 0.2) is 0 Å². The number of sulfonamides is 1. The monoisotopic (exact) mass is 234 g/mol. The van der Waals surface area contributed by atoms with Crippen LogP contribution in [0.5, 0.6) is 0 Å². The quantitative estimate of drug-likeness (QED) is 0.740. The predicted octanol–water partition coefficient (Wildman–Crippen LogP) is 0.833. The van der Waals surface area contributed by atoms with Crippen LogP contribution >= 0.6 is 0 Å². The molecule has 1 aliphatic rings. The Morgan fingerprint density at radius 3 is 2.33 bits per heavy atom. The third-order valence-electron chi connectivity index (χ3n) is 2.68. The van der Waals surface area contributed by atoms with Gasteiger partial charge in [-0.1, -0.05) is 12.8 Å². The lowest BCUT2D eigenvalue weighted by molar-refractivity contribution is 0.491. The average molecular weight is 234 g/mol. The Balaban J connectivity index is 2.38. The second kappa shape index (κ2) is 4.80. The van der Waals surface area contributed by atoms with E-state index in [-0.39, 0.29) is 5.75 Å². The van der Waals surface area contributed by atoms with Gasteiger partial charge in [-0.25, -0.2) is 13.1 Å². The molecule has 5 heteroatoms. The predicted molar refractivity (Wildman–Crippen MR) is 62.0 cm³/mol. The summed E-state index contributed by atoms with van der Waals surface area (Å²) in [5.41, 5.74) is 5.24. The van der Waals surface area contributed by atoms with E-state index in [1.54, 1.807) is 0 Å². The molecule has 1 saturated carbocycles. The fraction of sp³-hybridized carbons (Fsp3) is 1.00. The lowest BCUT2D eigenvalue weighted by Crippen LogP contribution is -2.46. The molecule has 0 unspecified atom stereocenters. The first-order chi connectivity index (χ1) is 6.79. The maximum absolute atomic E-state index is 11.7. The van der Waals surface area contributed by atoms with E-state index in [0.29, 0.717) is 12.5 Å². The zero-order valence-electron chi connectivity index (χ0n) is 9.62. The molecule has 0 aromatic carbocycles. The van der Waals surface area contributed by atoms with Crippen LogP contribution < -0.4 is 10.5 Å². The molecule has 1 fully saturated rings. The zero-order valence-corrected chi connectivity index (χ0v) is 10.4. The minimum Gasteiger partial charge on any atom is -0.324 e. The highest BCUT2D eigenvalue weighted by molar-refractivity contribution is 7.89. The van der Waals surface area contributed by atoms with Crippen molar-refractivity contribution in [1.82, 2.24) is 4.72 Å². The van der Waals surface area contributed by atoms with Crippen LogP contribution in [-0.2, 0) is 10.0 Å². The average Bonchev–Trinajstić information content (AvgIpc) is 2.52. The number of nitrogens with two attached hydrogens (primary N) is 1. The number of hydrogen-bond acceptors (Lipinski definition) is 3. The van der Waals surface area contributed by atoms with Gasteiger partial charge in [0, 0.05) is 12.1 Å². The van der Waals surface area contributed by atoms with Crippen LogP contribution in [0.25, 0.3) is 0 Å². The summed E-state index contributed by atoms with van der Waals surface area (Å²) in [6.07, 6.45) is 4.44. The van der Waals surface area contributed by atoms with Gasteiger partial charge in [-0.15, -0.1) is 0 Å². The molecule has 0 bridgehead atoms. The molecule has 0 aromatic rings. The van der Waals surface area contributed by atoms with E-state index in [9.17, 15) is 8.42 Å². The summed E-state index contributed by atoms with van der Waals surface area (Å²) >= 11 is 0. The highest BCUT2D eigenvalue weighted by Gasteiger charge is 2.23. The summed E-state index contributed by atoms with van der Waals surface area (Å²) in [5, 5.41) is 0. The highest BCUT2D eigenvalue weighted by Crippen LogP contribution is 2.25. The van der Waals surface area contributed by atoms with Gasteiger partial charge in [0.05, 0.1) is 5.75 Å². The Bertz CT molecular complexity index is 287. The van der Waals surface area contributed by atoms with Gasteiger partial charge in [-0.2, -0.15) is 0 Å². The lowest BCUT2D eigenvalue weighted by Gasteiger charge is -2.19. The second-order valence-corrected chi connectivity index (χ2v) is 7.09. The largest absolute Gasteiger partial charge is 0.324 e. The van der Waals surface area contributed by atoms with Gasteiger partial charge in [0.2, 0.25) is 10.0 Å². The normalized spacial score (nSPS) is 19.7. The third kappa shape index (κ3) is 5.49. The molecule has 0 aromatic heterocycles.